The molecule has 2 aromatic rings. The van der Waals surface area contributed by atoms with E-state index in [-0.39, 0.29) is 12.3 Å². The normalized spacial score (nSPS) is 10.2. The Bertz CT molecular complexity index is 534. The molecular weight excluding hydrogens is 218 g/mol. The van der Waals surface area contributed by atoms with E-state index >= 15 is 0 Å². The summed E-state index contributed by atoms with van der Waals surface area (Å²) in [6.07, 6.45) is 0.0924. The molecule has 0 saturated carbocycles. The number of amides is 1. The molecule has 17 heavy (non-hydrogen) atoms. The van der Waals surface area contributed by atoms with Crippen molar-refractivity contribution in [2.45, 2.75) is 20.3 Å². The molecule has 0 fully saturated rings. The van der Waals surface area contributed by atoms with Crippen LogP contribution in [0.3, 0.4) is 0 Å². The fourth-order valence-electron chi connectivity index (χ4n) is 1.46. The summed E-state index contributed by atoms with van der Waals surface area (Å²) >= 11 is 0. The number of nitrogens with zero attached hydrogens (tertiary/aromatic N) is 2. The lowest BCUT2D eigenvalue weighted by Crippen LogP contribution is -2.15. The zero-order valence-corrected chi connectivity index (χ0v) is 9.73. The van der Waals surface area contributed by atoms with Gasteiger partial charge in [0, 0.05) is 5.69 Å². The van der Waals surface area contributed by atoms with Gasteiger partial charge in [0.1, 0.15) is 6.42 Å². The van der Waals surface area contributed by atoms with Gasteiger partial charge in [-0.05, 0) is 25.5 Å². The van der Waals surface area contributed by atoms with E-state index in [1.807, 2.05) is 31.2 Å². The van der Waals surface area contributed by atoms with E-state index in [2.05, 4.69) is 15.5 Å². The van der Waals surface area contributed by atoms with Crippen molar-refractivity contribution in [3.63, 3.8) is 0 Å². The summed E-state index contributed by atoms with van der Waals surface area (Å²) in [6.45, 7) is 3.65. The highest BCUT2D eigenvalue weighted by atomic mass is 16.5. The highest BCUT2D eigenvalue weighted by molar-refractivity contribution is 5.92. The monoisotopic (exact) mass is 231 g/mol. The van der Waals surface area contributed by atoms with Gasteiger partial charge in [-0.3, -0.25) is 4.79 Å². The largest absolute Gasteiger partial charge is 0.339 e. The Labute approximate surface area is 98.8 Å². The van der Waals surface area contributed by atoms with Crippen LogP contribution in [0, 0.1) is 13.8 Å². The maximum Gasteiger partial charge on any atom is 0.236 e. The Hall–Kier alpha value is -2.17. The van der Waals surface area contributed by atoms with E-state index in [0.29, 0.717) is 11.7 Å². The summed E-state index contributed by atoms with van der Waals surface area (Å²) in [5, 5.41) is 6.43. The number of anilines is 1. The number of hydrogen-bond donors (Lipinski definition) is 1. The van der Waals surface area contributed by atoms with Gasteiger partial charge in [0.05, 0.1) is 0 Å². The first-order valence-corrected chi connectivity index (χ1v) is 5.30. The zero-order chi connectivity index (χ0) is 12.3. The summed E-state index contributed by atoms with van der Waals surface area (Å²) < 4.78 is 4.88. The van der Waals surface area contributed by atoms with Crippen LogP contribution >= 0.6 is 0 Å². The maximum absolute atomic E-state index is 11.7. The first-order chi connectivity index (χ1) is 8.15. The average molecular weight is 231 g/mol. The molecule has 5 heteroatoms. The molecule has 88 valence electrons. The van der Waals surface area contributed by atoms with Crippen molar-refractivity contribution in [2.75, 3.05) is 5.32 Å². The fraction of sp³-hybridized carbons (Fsp3) is 0.250. The van der Waals surface area contributed by atoms with Crippen molar-refractivity contribution < 1.29 is 9.32 Å². The van der Waals surface area contributed by atoms with Crippen molar-refractivity contribution in [3.8, 4) is 0 Å². The highest BCUT2D eigenvalue weighted by Crippen LogP contribution is 2.13. The summed E-state index contributed by atoms with van der Waals surface area (Å²) in [5.41, 5.74) is 1.82. The Morgan fingerprint density at radius 2 is 2.12 bits per heavy atom. The molecule has 0 atom stereocenters. The first-order valence-electron chi connectivity index (χ1n) is 5.30. The number of para-hydroxylation sites is 1. The van der Waals surface area contributed by atoms with Crippen LogP contribution in [-0.2, 0) is 11.2 Å². The third kappa shape index (κ3) is 2.90. The van der Waals surface area contributed by atoms with Gasteiger partial charge < -0.3 is 9.84 Å². The lowest BCUT2D eigenvalue weighted by Gasteiger charge is -2.06. The standard InChI is InChI=1S/C12H13N3O2/c1-8-5-3-4-6-10(8)14-11(16)7-12-13-9(2)15-17-12/h3-6H,7H2,1-2H3,(H,14,16). The highest BCUT2D eigenvalue weighted by Gasteiger charge is 2.10. The number of aryl methyl sites for hydroxylation is 2. The number of nitrogens with one attached hydrogen (secondary N) is 1. The van der Waals surface area contributed by atoms with Crippen LogP contribution in [0.5, 0.6) is 0 Å². The van der Waals surface area contributed by atoms with Gasteiger partial charge in [-0.2, -0.15) is 4.98 Å². The van der Waals surface area contributed by atoms with Crippen LogP contribution in [0.25, 0.3) is 0 Å². The number of carbonyl (C=O) groups excluding carboxylic acids is 1. The van der Waals surface area contributed by atoms with E-state index in [1.54, 1.807) is 6.92 Å². The van der Waals surface area contributed by atoms with Crippen LogP contribution in [-0.4, -0.2) is 16.0 Å². The second-order valence-electron chi connectivity index (χ2n) is 3.78. The topological polar surface area (TPSA) is 68.0 Å². The molecular formula is C12H13N3O2. The molecule has 0 aliphatic rings. The van der Waals surface area contributed by atoms with E-state index < -0.39 is 0 Å². The van der Waals surface area contributed by atoms with E-state index in [1.165, 1.54) is 0 Å². The van der Waals surface area contributed by atoms with Crippen LogP contribution in [0.15, 0.2) is 28.8 Å². The Balaban J connectivity index is 2.01. The van der Waals surface area contributed by atoms with Crippen LogP contribution < -0.4 is 5.32 Å². The smallest absolute Gasteiger partial charge is 0.236 e. The van der Waals surface area contributed by atoms with Gasteiger partial charge in [0.25, 0.3) is 0 Å². The third-order valence-electron chi connectivity index (χ3n) is 2.30. The van der Waals surface area contributed by atoms with Crippen molar-refractivity contribution in [2.24, 2.45) is 0 Å². The number of carbonyl (C=O) groups is 1. The lowest BCUT2D eigenvalue weighted by molar-refractivity contribution is -0.115. The first kappa shape index (κ1) is 11.3. The van der Waals surface area contributed by atoms with Gasteiger partial charge in [0.15, 0.2) is 5.82 Å². The maximum atomic E-state index is 11.7. The van der Waals surface area contributed by atoms with Crippen LogP contribution in [0.1, 0.15) is 17.3 Å². The molecule has 0 aliphatic carbocycles. The summed E-state index contributed by atoms with van der Waals surface area (Å²) in [5.74, 6) is 0.695. The second kappa shape index (κ2) is 4.78. The lowest BCUT2D eigenvalue weighted by atomic mass is 10.2. The minimum atomic E-state index is -0.164. The Morgan fingerprint density at radius 1 is 1.35 bits per heavy atom. The molecule has 1 amide bonds. The molecule has 0 bridgehead atoms. The SMILES string of the molecule is Cc1noc(CC(=O)Nc2ccccc2C)n1. The molecule has 5 nitrogen and oxygen atoms in total. The van der Waals surface area contributed by atoms with Crippen LogP contribution in [0.2, 0.25) is 0 Å². The number of hydrogen-bond acceptors (Lipinski definition) is 4. The molecule has 0 aliphatic heterocycles. The molecule has 0 unspecified atom stereocenters. The van der Waals surface area contributed by atoms with Gasteiger partial charge in [-0.15, -0.1) is 0 Å². The quantitative estimate of drug-likeness (QED) is 0.875. The molecule has 1 aromatic carbocycles. The van der Waals surface area contributed by atoms with Crippen molar-refractivity contribution in [1.29, 1.82) is 0 Å². The minimum Gasteiger partial charge on any atom is -0.339 e. The van der Waals surface area contributed by atoms with Gasteiger partial charge in [0.2, 0.25) is 11.8 Å². The predicted octanol–water partition coefficient (Wildman–Crippen LogP) is 1.87. The van der Waals surface area contributed by atoms with E-state index in [4.69, 9.17) is 4.52 Å². The summed E-state index contributed by atoms with van der Waals surface area (Å²) in [7, 11) is 0. The Kier molecular flexibility index (Phi) is 3.18. The molecule has 0 radical (unpaired) electrons. The summed E-state index contributed by atoms with van der Waals surface area (Å²) in [6, 6.07) is 7.59. The van der Waals surface area contributed by atoms with Crippen molar-refractivity contribution in [1.82, 2.24) is 10.1 Å². The van der Waals surface area contributed by atoms with Crippen molar-refractivity contribution in [3.05, 3.63) is 41.5 Å². The third-order valence-corrected chi connectivity index (χ3v) is 2.30. The molecule has 0 spiro atoms. The van der Waals surface area contributed by atoms with E-state index in [0.717, 1.165) is 11.3 Å². The molecule has 1 heterocycles. The van der Waals surface area contributed by atoms with Gasteiger partial charge >= 0.3 is 0 Å². The number of benzene rings is 1. The fourth-order valence-corrected chi connectivity index (χ4v) is 1.46. The minimum absolute atomic E-state index is 0.0924. The predicted molar refractivity (Wildman–Crippen MR) is 62.5 cm³/mol. The summed E-state index contributed by atoms with van der Waals surface area (Å²) in [4.78, 5) is 15.7. The van der Waals surface area contributed by atoms with Crippen LogP contribution in [0.4, 0.5) is 5.69 Å². The van der Waals surface area contributed by atoms with Gasteiger partial charge in [-0.1, -0.05) is 23.4 Å². The second-order valence-corrected chi connectivity index (χ2v) is 3.78. The Morgan fingerprint density at radius 3 is 2.76 bits per heavy atom. The molecule has 2 rings (SSSR count). The average Bonchev–Trinajstić information content (AvgIpc) is 2.67. The van der Waals surface area contributed by atoms with E-state index in [9.17, 15) is 4.79 Å². The molecule has 1 N–H and O–H groups in total. The molecule has 0 saturated heterocycles. The van der Waals surface area contributed by atoms with Crippen molar-refractivity contribution >= 4 is 11.6 Å². The molecule has 1 aromatic heterocycles. The number of aromatic nitrogens is 2. The van der Waals surface area contributed by atoms with Gasteiger partial charge in [-0.25, -0.2) is 0 Å². The number of rotatable bonds is 3. The zero-order valence-electron chi connectivity index (χ0n) is 9.73.